The van der Waals surface area contributed by atoms with Crippen LogP contribution < -0.4 is 10.6 Å². The zero-order valence-electron chi connectivity index (χ0n) is 13.2. The molecule has 1 aromatic carbocycles. The number of hydrogen-bond donors (Lipinski definition) is 3. The Labute approximate surface area is 135 Å². The third-order valence-electron chi connectivity index (χ3n) is 4.31. The van der Waals surface area contributed by atoms with Crippen LogP contribution in [0.2, 0.25) is 0 Å². The molecule has 1 aliphatic rings. The van der Waals surface area contributed by atoms with Crippen LogP contribution in [0.15, 0.2) is 30.3 Å². The van der Waals surface area contributed by atoms with Gasteiger partial charge in [0.15, 0.2) is 0 Å². The highest BCUT2D eigenvalue weighted by Crippen LogP contribution is 2.32. The molecule has 1 heterocycles. The van der Waals surface area contributed by atoms with Crippen molar-refractivity contribution in [2.45, 2.75) is 44.1 Å². The highest BCUT2D eigenvalue weighted by atomic mass is 16.4. The molecule has 0 bridgehead atoms. The van der Waals surface area contributed by atoms with Crippen LogP contribution in [-0.4, -0.2) is 35.5 Å². The number of aliphatic carboxylic acids is 1. The maximum Gasteiger partial charge on any atom is 0.326 e. The van der Waals surface area contributed by atoms with E-state index in [0.29, 0.717) is 19.3 Å². The number of carbonyl (C=O) groups excluding carboxylic acids is 2. The predicted molar refractivity (Wildman–Crippen MR) is 84.8 cm³/mol. The fraction of sp³-hybridized carbons (Fsp3) is 0.471. The summed E-state index contributed by atoms with van der Waals surface area (Å²) in [5.41, 5.74) is -0.130. The van der Waals surface area contributed by atoms with E-state index in [0.717, 1.165) is 5.56 Å². The molecule has 23 heavy (non-hydrogen) atoms. The molecule has 6 heteroatoms. The Morgan fingerprint density at radius 1 is 1.35 bits per heavy atom. The Morgan fingerprint density at radius 3 is 2.57 bits per heavy atom. The van der Waals surface area contributed by atoms with E-state index in [1.165, 1.54) is 0 Å². The maximum atomic E-state index is 12.9. The summed E-state index contributed by atoms with van der Waals surface area (Å²) in [5.74, 6) is -1.47. The highest BCUT2D eigenvalue weighted by Gasteiger charge is 2.44. The van der Waals surface area contributed by atoms with E-state index in [4.69, 9.17) is 0 Å². The van der Waals surface area contributed by atoms with Gasteiger partial charge in [0.1, 0.15) is 6.04 Å². The molecule has 2 rings (SSSR count). The average Bonchev–Trinajstić information content (AvgIpc) is 2.56. The molecule has 124 valence electrons. The fourth-order valence-electron chi connectivity index (χ4n) is 2.92. The minimum Gasteiger partial charge on any atom is -0.480 e. The van der Waals surface area contributed by atoms with Crippen molar-refractivity contribution in [1.29, 1.82) is 0 Å². The van der Waals surface area contributed by atoms with E-state index in [9.17, 15) is 19.5 Å². The topological polar surface area (TPSA) is 95.5 Å². The number of benzene rings is 1. The van der Waals surface area contributed by atoms with Crippen molar-refractivity contribution in [3.8, 4) is 0 Å². The zero-order chi connectivity index (χ0) is 16.9. The Hall–Kier alpha value is -2.37. The normalized spacial score (nSPS) is 22.0. The van der Waals surface area contributed by atoms with E-state index < -0.39 is 17.4 Å². The minimum absolute atomic E-state index is 0.0901. The largest absolute Gasteiger partial charge is 0.480 e. The van der Waals surface area contributed by atoms with Gasteiger partial charge in [-0.05, 0) is 18.4 Å². The molecule has 0 spiro atoms. The first-order valence-electron chi connectivity index (χ1n) is 7.85. The molecule has 1 aliphatic heterocycles. The van der Waals surface area contributed by atoms with Crippen LogP contribution >= 0.6 is 0 Å². The lowest BCUT2D eigenvalue weighted by molar-refractivity contribution is -0.143. The summed E-state index contributed by atoms with van der Waals surface area (Å²) >= 11 is 0. The number of amides is 2. The molecule has 6 nitrogen and oxygen atoms in total. The maximum absolute atomic E-state index is 12.9. The third kappa shape index (κ3) is 3.70. The van der Waals surface area contributed by atoms with Gasteiger partial charge in [-0.3, -0.25) is 9.59 Å². The zero-order valence-corrected chi connectivity index (χ0v) is 13.2. The molecule has 2 atom stereocenters. The molecule has 2 unspecified atom stereocenters. The summed E-state index contributed by atoms with van der Waals surface area (Å²) < 4.78 is 0. The number of nitrogens with one attached hydrogen (secondary N) is 2. The molecule has 0 aromatic heterocycles. The van der Waals surface area contributed by atoms with Gasteiger partial charge in [-0.1, -0.05) is 43.7 Å². The number of hydrogen-bond acceptors (Lipinski definition) is 3. The van der Waals surface area contributed by atoms with Crippen LogP contribution in [0, 0.1) is 0 Å². The highest BCUT2D eigenvalue weighted by molar-refractivity contribution is 5.94. The van der Waals surface area contributed by atoms with Crippen molar-refractivity contribution in [2.24, 2.45) is 0 Å². The summed E-state index contributed by atoms with van der Waals surface area (Å²) in [6.45, 7) is 2.05. The Balaban J connectivity index is 2.29. The van der Waals surface area contributed by atoms with Gasteiger partial charge in [0.05, 0.1) is 5.41 Å². The van der Waals surface area contributed by atoms with Crippen LogP contribution in [0.4, 0.5) is 0 Å². The minimum atomic E-state index is -1.04. The van der Waals surface area contributed by atoms with Gasteiger partial charge in [-0.2, -0.15) is 0 Å². The monoisotopic (exact) mass is 318 g/mol. The smallest absolute Gasteiger partial charge is 0.326 e. The lowest BCUT2D eigenvalue weighted by Gasteiger charge is -2.37. The Morgan fingerprint density at radius 2 is 2.04 bits per heavy atom. The summed E-state index contributed by atoms with van der Waals surface area (Å²) in [7, 11) is 0. The Kier molecular flexibility index (Phi) is 5.36. The summed E-state index contributed by atoms with van der Waals surface area (Å²) in [4.78, 5) is 35.7. The molecule has 3 N–H and O–H groups in total. The van der Waals surface area contributed by atoms with Crippen molar-refractivity contribution >= 4 is 17.8 Å². The van der Waals surface area contributed by atoms with Crippen LogP contribution in [0.25, 0.3) is 0 Å². The van der Waals surface area contributed by atoms with Crippen molar-refractivity contribution in [3.63, 3.8) is 0 Å². The number of carboxylic acid groups (broad SMARTS) is 1. The molecule has 1 aromatic rings. The number of rotatable bonds is 6. The van der Waals surface area contributed by atoms with Gasteiger partial charge >= 0.3 is 5.97 Å². The molecular weight excluding hydrogens is 296 g/mol. The summed E-state index contributed by atoms with van der Waals surface area (Å²) in [6, 6.07) is 8.29. The van der Waals surface area contributed by atoms with Gasteiger partial charge in [0.2, 0.25) is 11.8 Å². The SMILES string of the molecule is CCCC(NC(=O)C1(c2ccccc2)CCC(=O)NC1)C(=O)O. The molecule has 0 aliphatic carbocycles. The first-order valence-corrected chi connectivity index (χ1v) is 7.85. The van der Waals surface area contributed by atoms with Gasteiger partial charge < -0.3 is 15.7 Å². The second-order valence-electron chi connectivity index (χ2n) is 5.88. The van der Waals surface area contributed by atoms with Crippen molar-refractivity contribution in [1.82, 2.24) is 10.6 Å². The molecular formula is C17H22N2O4. The van der Waals surface area contributed by atoms with E-state index in [-0.39, 0.29) is 24.8 Å². The predicted octanol–water partition coefficient (Wildman–Crippen LogP) is 1.20. The van der Waals surface area contributed by atoms with Crippen molar-refractivity contribution in [2.75, 3.05) is 6.54 Å². The van der Waals surface area contributed by atoms with Crippen LogP contribution in [0.5, 0.6) is 0 Å². The third-order valence-corrected chi connectivity index (χ3v) is 4.31. The second-order valence-corrected chi connectivity index (χ2v) is 5.88. The lowest BCUT2D eigenvalue weighted by Crippen LogP contribution is -2.57. The lowest BCUT2D eigenvalue weighted by atomic mass is 9.73. The van der Waals surface area contributed by atoms with Gasteiger partial charge in [0.25, 0.3) is 0 Å². The fourth-order valence-corrected chi connectivity index (χ4v) is 2.92. The molecule has 1 saturated heterocycles. The van der Waals surface area contributed by atoms with Gasteiger partial charge in [-0.25, -0.2) is 4.79 Å². The van der Waals surface area contributed by atoms with Crippen LogP contribution in [-0.2, 0) is 19.8 Å². The van der Waals surface area contributed by atoms with Gasteiger partial charge in [0, 0.05) is 13.0 Å². The van der Waals surface area contributed by atoms with Crippen LogP contribution in [0.3, 0.4) is 0 Å². The van der Waals surface area contributed by atoms with Gasteiger partial charge in [-0.15, -0.1) is 0 Å². The Bertz CT molecular complexity index is 576. The van der Waals surface area contributed by atoms with E-state index in [2.05, 4.69) is 10.6 Å². The molecule has 0 saturated carbocycles. The number of carboxylic acids is 1. The summed E-state index contributed by atoms with van der Waals surface area (Å²) in [5, 5.41) is 14.7. The molecule has 1 fully saturated rings. The molecule has 0 radical (unpaired) electrons. The van der Waals surface area contributed by atoms with Crippen molar-refractivity contribution < 1.29 is 19.5 Å². The van der Waals surface area contributed by atoms with E-state index in [1.807, 2.05) is 37.3 Å². The first-order chi connectivity index (χ1) is 11.0. The van der Waals surface area contributed by atoms with E-state index >= 15 is 0 Å². The van der Waals surface area contributed by atoms with E-state index in [1.54, 1.807) is 0 Å². The average molecular weight is 318 g/mol. The number of carbonyl (C=O) groups is 3. The standard InChI is InChI=1S/C17H22N2O4/c1-2-6-13(15(21)22)19-16(23)17(10-9-14(20)18-11-17)12-7-4-3-5-8-12/h3-5,7-8,13H,2,6,9-11H2,1H3,(H,18,20)(H,19,23)(H,21,22). The second kappa shape index (κ2) is 7.26. The number of piperidine rings is 1. The van der Waals surface area contributed by atoms with Crippen molar-refractivity contribution in [3.05, 3.63) is 35.9 Å². The quantitative estimate of drug-likeness (QED) is 0.734. The van der Waals surface area contributed by atoms with Crippen LogP contribution in [0.1, 0.15) is 38.2 Å². The summed E-state index contributed by atoms with van der Waals surface area (Å²) in [6.07, 6.45) is 1.64. The molecule has 2 amide bonds. The first kappa shape index (κ1) is 17.0.